The molecule has 0 spiro atoms. The molecule has 0 aliphatic heterocycles. The highest BCUT2D eigenvalue weighted by Crippen LogP contribution is 2.42. The maximum Gasteiger partial charge on any atom is 0.166 e. The Bertz CT molecular complexity index is 2720. The van der Waals surface area contributed by atoms with Crippen molar-refractivity contribution in [3.63, 3.8) is 0 Å². The van der Waals surface area contributed by atoms with Gasteiger partial charge in [-0.1, -0.05) is 146 Å². The molecule has 0 unspecified atom stereocenters. The summed E-state index contributed by atoms with van der Waals surface area (Å²) in [4.78, 5) is 15.6. The molecule has 0 bridgehead atoms. The Morgan fingerprint density at radius 2 is 0.735 bits per heavy atom. The molecule has 0 N–H and O–H groups in total. The van der Waals surface area contributed by atoms with E-state index >= 15 is 0 Å². The first kappa shape index (κ1) is 27.5. The van der Waals surface area contributed by atoms with Gasteiger partial charge in [0.25, 0.3) is 0 Å². The Labute approximate surface area is 283 Å². The summed E-state index contributed by atoms with van der Waals surface area (Å²) in [7, 11) is 0. The predicted molar refractivity (Wildman–Crippen MR) is 202 cm³/mol. The van der Waals surface area contributed by atoms with Crippen LogP contribution in [0.5, 0.6) is 0 Å². The Morgan fingerprint density at radius 3 is 1.37 bits per heavy atom. The van der Waals surface area contributed by atoms with Crippen LogP contribution in [-0.2, 0) is 0 Å². The van der Waals surface area contributed by atoms with Crippen molar-refractivity contribution < 1.29 is 0 Å². The van der Waals surface area contributed by atoms with Crippen LogP contribution in [0.2, 0.25) is 0 Å². The number of hydrogen-bond acceptors (Lipinski definition) is 3. The third kappa shape index (κ3) is 4.42. The lowest BCUT2D eigenvalue weighted by atomic mass is 10.0. The highest BCUT2D eigenvalue weighted by atomic mass is 15.0. The fraction of sp³-hybridized carbons (Fsp3) is 0. The third-order valence-corrected chi connectivity index (χ3v) is 9.58. The van der Waals surface area contributed by atoms with Crippen molar-refractivity contribution in [1.82, 2.24) is 19.4 Å². The molecule has 0 aliphatic rings. The molecule has 3 aromatic heterocycles. The minimum absolute atomic E-state index is 0.638. The van der Waals surface area contributed by atoms with Crippen LogP contribution in [0.15, 0.2) is 170 Å². The molecule has 10 rings (SSSR count). The summed E-state index contributed by atoms with van der Waals surface area (Å²) in [6.45, 7) is 0. The lowest BCUT2D eigenvalue weighted by molar-refractivity contribution is 1.07. The van der Waals surface area contributed by atoms with Gasteiger partial charge in [-0.15, -0.1) is 0 Å². The molecule has 228 valence electrons. The quantitative estimate of drug-likeness (QED) is 0.191. The number of benzene rings is 7. The topological polar surface area (TPSA) is 43.1 Å². The summed E-state index contributed by atoms with van der Waals surface area (Å²) in [5.41, 5.74) is 10.9. The van der Waals surface area contributed by atoms with Gasteiger partial charge in [0, 0.05) is 38.2 Å². The van der Waals surface area contributed by atoms with Gasteiger partial charge in [0.1, 0.15) is 0 Å². The van der Waals surface area contributed by atoms with Crippen LogP contribution < -0.4 is 0 Å². The van der Waals surface area contributed by atoms with Crippen LogP contribution in [0.3, 0.4) is 0 Å². The van der Waals surface area contributed by atoms with Gasteiger partial charge < -0.3 is 4.40 Å². The first-order valence-corrected chi connectivity index (χ1v) is 16.5. The fourth-order valence-corrected chi connectivity index (χ4v) is 7.34. The van der Waals surface area contributed by atoms with Crippen LogP contribution in [0.4, 0.5) is 0 Å². The maximum atomic E-state index is 5.25. The van der Waals surface area contributed by atoms with Gasteiger partial charge in [-0.05, 0) is 46.5 Å². The van der Waals surface area contributed by atoms with Crippen LogP contribution in [0, 0.1) is 0 Å². The molecule has 49 heavy (non-hydrogen) atoms. The number of hydrogen-bond donors (Lipinski definition) is 0. The van der Waals surface area contributed by atoms with E-state index in [0.717, 1.165) is 44.5 Å². The highest BCUT2D eigenvalue weighted by molar-refractivity contribution is 6.24. The molecule has 3 heterocycles. The van der Waals surface area contributed by atoms with Gasteiger partial charge in [-0.2, -0.15) is 0 Å². The van der Waals surface area contributed by atoms with E-state index in [1.165, 1.54) is 32.6 Å². The van der Waals surface area contributed by atoms with Crippen molar-refractivity contribution in [2.24, 2.45) is 0 Å². The maximum absolute atomic E-state index is 5.25. The predicted octanol–water partition coefficient (Wildman–Crippen LogP) is 11.4. The summed E-state index contributed by atoms with van der Waals surface area (Å²) in [6, 6.07) is 59.6. The summed E-state index contributed by atoms with van der Waals surface area (Å²) >= 11 is 0. The number of aromatic nitrogens is 4. The molecular formula is C45H28N4. The van der Waals surface area contributed by atoms with E-state index in [4.69, 9.17) is 15.0 Å². The summed E-state index contributed by atoms with van der Waals surface area (Å²) in [5, 5.41) is 4.91. The van der Waals surface area contributed by atoms with Crippen LogP contribution in [-0.4, -0.2) is 19.4 Å². The van der Waals surface area contributed by atoms with E-state index in [2.05, 4.69) is 162 Å². The van der Waals surface area contributed by atoms with Crippen molar-refractivity contribution in [3.8, 4) is 56.4 Å². The third-order valence-electron chi connectivity index (χ3n) is 9.58. The first-order chi connectivity index (χ1) is 24.3. The lowest BCUT2D eigenvalue weighted by Crippen LogP contribution is -2.01. The van der Waals surface area contributed by atoms with Gasteiger partial charge in [0.05, 0.1) is 16.6 Å². The molecule has 0 saturated carbocycles. The van der Waals surface area contributed by atoms with E-state index in [0.29, 0.717) is 17.5 Å². The normalized spacial score (nSPS) is 11.7. The van der Waals surface area contributed by atoms with E-state index in [1.54, 1.807) is 0 Å². The van der Waals surface area contributed by atoms with E-state index in [-0.39, 0.29) is 0 Å². The van der Waals surface area contributed by atoms with Gasteiger partial charge >= 0.3 is 0 Å². The standard InChI is InChI=1S/C45H28N4/c1-3-13-29(14-4-1)31-17-9-19-33(27-31)43-46-44(34-20-10-18-32(28-34)30-15-5-2-6-16-30)48-45(47-43)39-25-12-24-38-37-23-11-22-36-35-21-7-8-26-40(35)49(41(36)37)42(38)39/h1-28H. The minimum atomic E-state index is 0.638. The second kappa shape index (κ2) is 11.0. The average Bonchev–Trinajstić information content (AvgIpc) is 3.71. The molecule has 0 saturated heterocycles. The SMILES string of the molecule is c1ccc(-c2cccc(-c3nc(-c4cccc(-c5ccccc5)c4)nc(-c4cccc5c6cccc7c8ccccc8n(c45)c76)n3)c2)cc1. The molecule has 0 atom stereocenters. The zero-order valence-corrected chi connectivity index (χ0v) is 26.5. The first-order valence-electron chi connectivity index (χ1n) is 16.5. The van der Waals surface area contributed by atoms with Crippen molar-refractivity contribution in [2.75, 3.05) is 0 Å². The number of rotatable bonds is 5. The molecule has 0 aliphatic carbocycles. The molecular weight excluding hydrogens is 597 g/mol. The van der Waals surface area contributed by atoms with Crippen molar-refractivity contribution >= 4 is 38.1 Å². The Kier molecular flexibility index (Phi) is 6.15. The van der Waals surface area contributed by atoms with E-state index in [1.807, 2.05) is 12.1 Å². The van der Waals surface area contributed by atoms with Gasteiger partial charge in [-0.25, -0.2) is 15.0 Å². The van der Waals surface area contributed by atoms with Crippen LogP contribution >= 0.6 is 0 Å². The second-order valence-corrected chi connectivity index (χ2v) is 12.5. The summed E-state index contributed by atoms with van der Waals surface area (Å²) in [6.07, 6.45) is 0. The smallest absolute Gasteiger partial charge is 0.166 e. The highest BCUT2D eigenvalue weighted by Gasteiger charge is 2.22. The average molecular weight is 625 g/mol. The Morgan fingerprint density at radius 1 is 0.306 bits per heavy atom. The molecule has 4 heteroatoms. The Hall–Kier alpha value is -6.65. The van der Waals surface area contributed by atoms with Gasteiger partial charge in [0.2, 0.25) is 0 Å². The largest absolute Gasteiger partial charge is 0.307 e. The molecule has 0 fully saturated rings. The monoisotopic (exact) mass is 624 g/mol. The van der Waals surface area contributed by atoms with E-state index in [9.17, 15) is 0 Å². The molecule has 10 aromatic rings. The molecule has 0 amide bonds. The van der Waals surface area contributed by atoms with Crippen LogP contribution in [0.1, 0.15) is 0 Å². The number of nitrogens with zero attached hydrogens (tertiary/aromatic N) is 4. The molecule has 0 radical (unpaired) electrons. The van der Waals surface area contributed by atoms with Crippen LogP contribution in [0.25, 0.3) is 94.5 Å². The Balaban J connectivity index is 1.25. The summed E-state index contributed by atoms with van der Waals surface area (Å²) in [5.74, 6) is 1.92. The van der Waals surface area contributed by atoms with Gasteiger partial charge in [0.15, 0.2) is 17.5 Å². The van der Waals surface area contributed by atoms with Crippen molar-refractivity contribution in [3.05, 3.63) is 170 Å². The number of para-hydroxylation sites is 3. The molecule has 4 nitrogen and oxygen atoms in total. The summed E-state index contributed by atoms with van der Waals surface area (Å²) < 4.78 is 2.40. The lowest BCUT2D eigenvalue weighted by Gasteiger charge is -2.11. The minimum Gasteiger partial charge on any atom is -0.307 e. The van der Waals surface area contributed by atoms with E-state index < -0.39 is 0 Å². The zero-order valence-electron chi connectivity index (χ0n) is 26.5. The molecule has 7 aromatic carbocycles. The zero-order chi connectivity index (χ0) is 32.3. The van der Waals surface area contributed by atoms with Gasteiger partial charge in [-0.3, -0.25) is 0 Å². The van der Waals surface area contributed by atoms with Crippen molar-refractivity contribution in [2.45, 2.75) is 0 Å². The number of fused-ring (bicyclic) bond motifs is 6. The van der Waals surface area contributed by atoms with Crippen molar-refractivity contribution in [1.29, 1.82) is 0 Å². The fourth-order valence-electron chi connectivity index (χ4n) is 7.34. The second-order valence-electron chi connectivity index (χ2n) is 12.5.